The summed E-state index contributed by atoms with van der Waals surface area (Å²) in [6, 6.07) is 0. The predicted molar refractivity (Wildman–Crippen MR) is 89.7 cm³/mol. The van der Waals surface area contributed by atoms with Crippen molar-refractivity contribution in [1.82, 2.24) is 0 Å². The van der Waals surface area contributed by atoms with Gasteiger partial charge < -0.3 is 18.9 Å². The van der Waals surface area contributed by atoms with Crippen LogP contribution < -0.4 is 0 Å². The minimum Gasteiger partial charge on any atom is -0.457 e. The molecule has 27 heavy (non-hydrogen) atoms. The van der Waals surface area contributed by atoms with Gasteiger partial charge in [0.05, 0.1) is 5.92 Å². The van der Waals surface area contributed by atoms with E-state index in [1.165, 1.54) is 20.8 Å². The third-order valence-electron chi connectivity index (χ3n) is 5.81. The second-order valence-corrected chi connectivity index (χ2v) is 7.82. The van der Waals surface area contributed by atoms with Gasteiger partial charge in [-0.3, -0.25) is 14.4 Å². The van der Waals surface area contributed by atoms with Crippen LogP contribution in [0.1, 0.15) is 40.5 Å². The molecule has 2 bridgehead atoms. The average Bonchev–Trinajstić information content (AvgIpc) is 3.16. The van der Waals surface area contributed by atoms with Crippen molar-refractivity contribution in [3.63, 3.8) is 0 Å². The number of carbonyl (C=O) groups excluding carboxylic acids is 4. The number of hydrogen-bond acceptors (Lipinski definition) is 8. The number of carbonyl (C=O) groups is 4. The normalized spacial score (nSPS) is 35.2. The molecule has 0 aromatic heterocycles. The molecule has 3 rings (SSSR count). The zero-order valence-electron chi connectivity index (χ0n) is 15.9. The van der Waals surface area contributed by atoms with Crippen LogP contribution in [0.5, 0.6) is 0 Å². The Hall–Kier alpha value is -2.38. The SMILES string of the molecule is C=C(C)C(=O)OC(C)OC(=O)C(C)C(=O)OC1C2CC3C(=O)OC1(C)C3C2. The maximum absolute atomic E-state index is 12.4. The molecular weight excluding hydrogens is 356 g/mol. The van der Waals surface area contributed by atoms with Crippen LogP contribution in [0.3, 0.4) is 0 Å². The molecule has 0 aromatic carbocycles. The molecule has 1 aliphatic heterocycles. The number of rotatable bonds is 6. The van der Waals surface area contributed by atoms with Gasteiger partial charge in [-0.15, -0.1) is 0 Å². The molecule has 8 heteroatoms. The smallest absolute Gasteiger partial charge is 0.336 e. The average molecular weight is 380 g/mol. The van der Waals surface area contributed by atoms with Crippen LogP contribution in [0, 0.1) is 23.7 Å². The fourth-order valence-corrected chi connectivity index (χ4v) is 4.40. The van der Waals surface area contributed by atoms with Gasteiger partial charge in [0.1, 0.15) is 11.7 Å². The van der Waals surface area contributed by atoms with E-state index < -0.39 is 41.8 Å². The molecule has 0 aromatic rings. The lowest BCUT2D eigenvalue weighted by Crippen LogP contribution is -2.47. The van der Waals surface area contributed by atoms with Crippen molar-refractivity contribution in [2.45, 2.75) is 58.5 Å². The highest BCUT2D eigenvalue weighted by atomic mass is 16.7. The Labute approximate surface area is 157 Å². The summed E-state index contributed by atoms with van der Waals surface area (Å²) in [6.45, 7) is 9.41. The van der Waals surface area contributed by atoms with Crippen LogP contribution in [-0.4, -0.2) is 41.9 Å². The van der Waals surface area contributed by atoms with Crippen LogP contribution in [-0.2, 0) is 38.1 Å². The maximum Gasteiger partial charge on any atom is 0.336 e. The molecule has 0 spiro atoms. The number of hydrogen-bond donors (Lipinski definition) is 0. The molecule has 2 aliphatic carbocycles. The summed E-state index contributed by atoms with van der Waals surface area (Å²) in [5.41, 5.74) is -0.659. The molecule has 2 saturated carbocycles. The third kappa shape index (κ3) is 3.21. The zero-order valence-corrected chi connectivity index (χ0v) is 15.9. The quantitative estimate of drug-likeness (QED) is 0.224. The standard InChI is InChI=1S/C19H24O8/c1-8(2)15(20)24-10(4)25-16(21)9(3)17(22)26-14-11-6-12-13(7-11)19(14,5)27-18(12)23/h9-14H,1,6-7H2,2-5H3. The van der Waals surface area contributed by atoms with E-state index >= 15 is 0 Å². The molecule has 0 N–H and O–H groups in total. The van der Waals surface area contributed by atoms with Gasteiger partial charge in [0, 0.05) is 24.3 Å². The Bertz CT molecular complexity index is 712. The van der Waals surface area contributed by atoms with E-state index in [9.17, 15) is 19.2 Å². The molecule has 7 unspecified atom stereocenters. The largest absolute Gasteiger partial charge is 0.457 e. The van der Waals surface area contributed by atoms with Crippen LogP contribution in [0.4, 0.5) is 0 Å². The highest BCUT2D eigenvalue weighted by molar-refractivity contribution is 5.94. The first kappa shape index (κ1) is 19.4. The summed E-state index contributed by atoms with van der Waals surface area (Å²) < 4.78 is 20.9. The van der Waals surface area contributed by atoms with Crippen molar-refractivity contribution in [3.8, 4) is 0 Å². The minimum atomic E-state index is -1.20. The highest BCUT2D eigenvalue weighted by Gasteiger charge is 2.70. The van der Waals surface area contributed by atoms with E-state index in [4.69, 9.17) is 18.9 Å². The first-order valence-electron chi connectivity index (χ1n) is 9.05. The number of esters is 4. The van der Waals surface area contributed by atoms with Gasteiger partial charge in [0.15, 0.2) is 5.92 Å². The van der Waals surface area contributed by atoms with E-state index in [0.717, 1.165) is 6.42 Å². The summed E-state index contributed by atoms with van der Waals surface area (Å²) in [7, 11) is 0. The lowest BCUT2D eigenvalue weighted by molar-refractivity contribution is -0.192. The Balaban J connectivity index is 1.57. The molecule has 0 radical (unpaired) electrons. The Kier molecular flexibility index (Phi) is 4.78. The van der Waals surface area contributed by atoms with Gasteiger partial charge in [-0.2, -0.15) is 0 Å². The first-order valence-corrected chi connectivity index (χ1v) is 9.05. The fraction of sp³-hybridized carbons (Fsp3) is 0.684. The van der Waals surface area contributed by atoms with Gasteiger partial charge in [-0.1, -0.05) is 6.58 Å². The summed E-state index contributed by atoms with van der Waals surface area (Å²) in [5.74, 6) is -3.75. The topological polar surface area (TPSA) is 105 Å². The van der Waals surface area contributed by atoms with Crippen molar-refractivity contribution < 1.29 is 38.1 Å². The number of fused-ring (bicyclic) bond motifs is 1. The van der Waals surface area contributed by atoms with E-state index in [0.29, 0.717) is 6.42 Å². The fourth-order valence-electron chi connectivity index (χ4n) is 4.40. The van der Waals surface area contributed by atoms with Gasteiger partial charge in [-0.25, -0.2) is 4.79 Å². The van der Waals surface area contributed by atoms with Crippen molar-refractivity contribution >= 4 is 23.9 Å². The van der Waals surface area contributed by atoms with E-state index in [1.54, 1.807) is 6.92 Å². The van der Waals surface area contributed by atoms with Crippen LogP contribution in [0.2, 0.25) is 0 Å². The summed E-state index contributed by atoms with van der Waals surface area (Å²) >= 11 is 0. The van der Waals surface area contributed by atoms with E-state index in [2.05, 4.69) is 6.58 Å². The van der Waals surface area contributed by atoms with Crippen LogP contribution in [0.15, 0.2) is 12.2 Å². The molecule has 1 heterocycles. The Morgan fingerprint density at radius 3 is 2.48 bits per heavy atom. The molecule has 1 saturated heterocycles. The van der Waals surface area contributed by atoms with Crippen LogP contribution in [0.25, 0.3) is 0 Å². The molecule has 3 aliphatic rings. The van der Waals surface area contributed by atoms with Crippen molar-refractivity contribution in [3.05, 3.63) is 12.2 Å². The molecule has 8 nitrogen and oxygen atoms in total. The van der Waals surface area contributed by atoms with Gasteiger partial charge in [0.25, 0.3) is 0 Å². The highest BCUT2D eigenvalue weighted by Crippen LogP contribution is 2.61. The minimum absolute atomic E-state index is 0.0524. The summed E-state index contributed by atoms with van der Waals surface area (Å²) in [5, 5.41) is 0. The van der Waals surface area contributed by atoms with E-state index in [-0.39, 0.29) is 29.3 Å². The second-order valence-electron chi connectivity index (χ2n) is 7.82. The monoisotopic (exact) mass is 380 g/mol. The van der Waals surface area contributed by atoms with E-state index in [1.807, 2.05) is 0 Å². The van der Waals surface area contributed by atoms with Gasteiger partial charge in [0.2, 0.25) is 6.29 Å². The summed E-state index contributed by atoms with van der Waals surface area (Å²) in [4.78, 5) is 48.0. The van der Waals surface area contributed by atoms with Crippen molar-refractivity contribution in [2.75, 3.05) is 0 Å². The summed E-state index contributed by atoms with van der Waals surface area (Å²) in [6.07, 6.45) is -0.304. The number of ether oxygens (including phenoxy) is 4. The predicted octanol–water partition coefficient (Wildman–Crippen LogP) is 1.51. The third-order valence-corrected chi connectivity index (χ3v) is 5.81. The Morgan fingerprint density at radius 2 is 1.85 bits per heavy atom. The van der Waals surface area contributed by atoms with Gasteiger partial charge in [-0.05, 0) is 33.6 Å². The van der Waals surface area contributed by atoms with Crippen LogP contribution >= 0.6 is 0 Å². The lowest BCUT2D eigenvalue weighted by Gasteiger charge is -2.34. The molecule has 148 valence electrons. The Morgan fingerprint density at radius 1 is 1.19 bits per heavy atom. The molecule has 3 fully saturated rings. The molecule has 0 amide bonds. The second kappa shape index (κ2) is 6.65. The van der Waals surface area contributed by atoms with Crippen molar-refractivity contribution in [2.24, 2.45) is 23.7 Å². The molecule has 7 atom stereocenters. The lowest BCUT2D eigenvalue weighted by atomic mass is 9.79. The van der Waals surface area contributed by atoms with Crippen molar-refractivity contribution in [1.29, 1.82) is 0 Å². The zero-order chi connectivity index (χ0) is 20.1. The maximum atomic E-state index is 12.4. The molecular formula is C19H24O8. The van der Waals surface area contributed by atoms with Gasteiger partial charge >= 0.3 is 23.9 Å². The first-order chi connectivity index (χ1) is 12.5.